The fraction of sp³-hybridized carbons (Fsp3) is 0.211. The third-order valence-corrected chi connectivity index (χ3v) is 3.61. The highest BCUT2D eigenvalue weighted by molar-refractivity contribution is 5.88. The molecule has 0 aliphatic heterocycles. The van der Waals surface area contributed by atoms with Crippen molar-refractivity contribution in [2.24, 2.45) is 0 Å². The highest BCUT2D eigenvalue weighted by Gasteiger charge is 2.39. The lowest BCUT2D eigenvalue weighted by Gasteiger charge is -2.28. The molecular weight excluding hydrogens is 295 g/mol. The Balaban J connectivity index is 2.64. The van der Waals surface area contributed by atoms with E-state index in [0.29, 0.717) is 11.1 Å². The van der Waals surface area contributed by atoms with Crippen LogP contribution < -0.4 is 0 Å². The van der Waals surface area contributed by atoms with Crippen LogP contribution in [0.3, 0.4) is 0 Å². The number of halogens is 1. The number of hydrogen-bond donors (Lipinski definition) is 1. The van der Waals surface area contributed by atoms with Crippen molar-refractivity contribution in [2.75, 3.05) is 6.61 Å². The van der Waals surface area contributed by atoms with E-state index in [1.54, 1.807) is 67.6 Å². The van der Waals surface area contributed by atoms with Gasteiger partial charge in [-0.05, 0) is 25.0 Å². The highest BCUT2D eigenvalue weighted by Crippen LogP contribution is 2.39. The Morgan fingerprint density at radius 1 is 1.04 bits per heavy atom. The molecule has 0 spiro atoms. The van der Waals surface area contributed by atoms with Crippen molar-refractivity contribution in [3.8, 4) is 0 Å². The Morgan fingerprint density at radius 2 is 1.48 bits per heavy atom. The summed E-state index contributed by atoms with van der Waals surface area (Å²) in [4.78, 5) is 11.9. The molecule has 2 aromatic rings. The van der Waals surface area contributed by atoms with Gasteiger partial charge in [0, 0.05) is 0 Å². The molecule has 0 amide bonds. The third kappa shape index (κ3) is 3.32. The monoisotopic (exact) mass is 314 g/mol. The second-order valence-electron chi connectivity index (χ2n) is 5.10. The van der Waals surface area contributed by atoms with Crippen molar-refractivity contribution in [1.82, 2.24) is 0 Å². The Hall–Kier alpha value is -2.46. The Bertz CT molecular complexity index is 654. The number of ether oxygens (including phenoxy) is 1. The second-order valence-corrected chi connectivity index (χ2v) is 5.10. The molecule has 0 bridgehead atoms. The molecule has 0 saturated heterocycles. The summed E-state index contributed by atoms with van der Waals surface area (Å²) in [6, 6.07) is 16.8. The predicted octanol–water partition coefficient (Wildman–Crippen LogP) is 3.73. The largest absolute Gasteiger partial charge is 0.463 e. The molecule has 0 aromatic heterocycles. The van der Waals surface area contributed by atoms with Crippen LogP contribution in [0.15, 0.2) is 72.1 Å². The number of benzene rings is 2. The van der Waals surface area contributed by atoms with Crippen molar-refractivity contribution >= 4 is 5.97 Å². The molecule has 2 rings (SSSR count). The van der Waals surface area contributed by atoms with Crippen LogP contribution in [0.2, 0.25) is 0 Å². The van der Waals surface area contributed by atoms with Crippen LogP contribution in [0.4, 0.5) is 4.39 Å². The molecule has 0 aliphatic rings. The summed E-state index contributed by atoms with van der Waals surface area (Å²) < 4.78 is 20.0. The van der Waals surface area contributed by atoms with Crippen LogP contribution in [0.5, 0.6) is 0 Å². The van der Waals surface area contributed by atoms with E-state index < -0.39 is 17.4 Å². The SMILES string of the molecule is CCOC(=O)/C(C)=C(/F)C(O)(c1ccccc1)c1ccccc1. The molecule has 0 saturated carbocycles. The minimum Gasteiger partial charge on any atom is -0.463 e. The Kier molecular flexibility index (Phi) is 5.29. The molecule has 0 aliphatic carbocycles. The predicted molar refractivity (Wildman–Crippen MR) is 86.3 cm³/mol. The maximum Gasteiger partial charge on any atom is 0.336 e. The van der Waals surface area contributed by atoms with E-state index in [4.69, 9.17) is 4.74 Å². The van der Waals surface area contributed by atoms with E-state index in [-0.39, 0.29) is 12.2 Å². The summed E-state index contributed by atoms with van der Waals surface area (Å²) in [5.74, 6) is -1.72. The summed E-state index contributed by atoms with van der Waals surface area (Å²) in [7, 11) is 0. The maximum atomic E-state index is 15.1. The topological polar surface area (TPSA) is 46.5 Å². The number of rotatable bonds is 5. The van der Waals surface area contributed by atoms with Crippen molar-refractivity contribution in [3.63, 3.8) is 0 Å². The van der Waals surface area contributed by atoms with Crippen molar-refractivity contribution in [1.29, 1.82) is 0 Å². The highest BCUT2D eigenvalue weighted by atomic mass is 19.1. The van der Waals surface area contributed by atoms with Crippen LogP contribution in [-0.4, -0.2) is 17.7 Å². The first-order valence-corrected chi connectivity index (χ1v) is 7.39. The third-order valence-electron chi connectivity index (χ3n) is 3.61. The quantitative estimate of drug-likeness (QED) is 0.676. The Labute approximate surface area is 135 Å². The maximum absolute atomic E-state index is 15.1. The molecule has 0 atom stereocenters. The van der Waals surface area contributed by atoms with Gasteiger partial charge in [0.25, 0.3) is 0 Å². The van der Waals surface area contributed by atoms with Crippen LogP contribution in [0.1, 0.15) is 25.0 Å². The van der Waals surface area contributed by atoms with Gasteiger partial charge in [0.2, 0.25) is 0 Å². The van der Waals surface area contributed by atoms with Gasteiger partial charge in [0.15, 0.2) is 11.4 Å². The van der Waals surface area contributed by atoms with Gasteiger partial charge < -0.3 is 9.84 Å². The number of hydrogen-bond acceptors (Lipinski definition) is 3. The normalized spacial score (nSPS) is 12.5. The van der Waals surface area contributed by atoms with Crippen LogP contribution in [-0.2, 0) is 15.1 Å². The van der Waals surface area contributed by atoms with E-state index in [9.17, 15) is 9.90 Å². The Morgan fingerprint density at radius 3 is 1.87 bits per heavy atom. The van der Waals surface area contributed by atoms with Gasteiger partial charge in [-0.2, -0.15) is 0 Å². The van der Waals surface area contributed by atoms with Gasteiger partial charge in [-0.25, -0.2) is 9.18 Å². The van der Waals surface area contributed by atoms with E-state index in [2.05, 4.69) is 0 Å². The van der Waals surface area contributed by atoms with Gasteiger partial charge in [-0.15, -0.1) is 0 Å². The molecule has 2 aromatic carbocycles. The lowest BCUT2D eigenvalue weighted by Crippen LogP contribution is -2.30. The van der Waals surface area contributed by atoms with E-state index in [0.717, 1.165) is 0 Å². The molecule has 4 heteroatoms. The lowest BCUT2D eigenvalue weighted by atomic mass is 9.83. The van der Waals surface area contributed by atoms with Gasteiger partial charge in [-0.1, -0.05) is 60.7 Å². The van der Waals surface area contributed by atoms with Gasteiger partial charge in [-0.3, -0.25) is 0 Å². The van der Waals surface area contributed by atoms with Crippen molar-refractivity contribution in [3.05, 3.63) is 83.2 Å². The van der Waals surface area contributed by atoms with Gasteiger partial charge in [0.05, 0.1) is 12.2 Å². The van der Waals surface area contributed by atoms with Crippen LogP contribution in [0.25, 0.3) is 0 Å². The minimum absolute atomic E-state index is 0.137. The first-order chi connectivity index (χ1) is 11.0. The van der Waals surface area contributed by atoms with Gasteiger partial charge >= 0.3 is 5.97 Å². The average molecular weight is 314 g/mol. The zero-order chi connectivity index (χ0) is 16.9. The van der Waals surface area contributed by atoms with E-state index in [1.807, 2.05) is 0 Å². The standard InChI is InChI=1S/C19H19FO3/c1-3-23-18(21)14(2)17(20)19(22,15-10-6-4-7-11-15)16-12-8-5-9-13-16/h4-13,22H,3H2,1-2H3/b17-14+. The minimum atomic E-state index is -2.04. The van der Waals surface area contributed by atoms with Gasteiger partial charge in [0.1, 0.15) is 0 Å². The first kappa shape index (κ1) is 16.9. The summed E-state index contributed by atoms with van der Waals surface area (Å²) in [6.07, 6.45) is 0. The first-order valence-electron chi connectivity index (χ1n) is 7.39. The fourth-order valence-electron chi connectivity index (χ4n) is 2.38. The zero-order valence-electron chi connectivity index (χ0n) is 13.1. The molecule has 0 radical (unpaired) electrons. The fourth-order valence-corrected chi connectivity index (χ4v) is 2.38. The molecule has 0 heterocycles. The molecule has 3 nitrogen and oxygen atoms in total. The van der Waals surface area contributed by atoms with E-state index >= 15 is 4.39 Å². The molecule has 0 fully saturated rings. The molecule has 23 heavy (non-hydrogen) atoms. The van der Waals surface area contributed by atoms with Crippen LogP contribution >= 0.6 is 0 Å². The molecular formula is C19H19FO3. The number of aliphatic hydroxyl groups is 1. The number of carbonyl (C=O) groups excluding carboxylic acids is 1. The summed E-state index contributed by atoms with van der Waals surface area (Å²) in [5.41, 5.74) is -1.61. The zero-order valence-corrected chi connectivity index (χ0v) is 13.1. The number of esters is 1. The summed E-state index contributed by atoms with van der Waals surface area (Å²) in [6.45, 7) is 3.09. The second kappa shape index (κ2) is 7.20. The molecule has 1 N–H and O–H groups in total. The molecule has 0 unspecified atom stereocenters. The van der Waals surface area contributed by atoms with Crippen LogP contribution in [0, 0.1) is 0 Å². The van der Waals surface area contributed by atoms with Crippen molar-refractivity contribution < 1.29 is 19.0 Å². The van der Waals surface area contributed by atoms with Crippen molar-refractivity contribution in [2.45, 2.75) is 19.4 Å². The summed E-state index contributed by atoms with van der Waals surface area (Å²) in [5, 5.41) is 11.2. The summed E-state index contributed by atoms with van der Waals surface area (Å²) >= 11 is 0. The van der Waals surface area contributed by atoms with E-state index in [1.165, 1.54) is 6.92 Å². The molecule has 120 valence electrons. The lowest BCUT2D eigenvalue weighted by molar-refractivity contribution is -0.138. The smallest absolute Gasteiger partial charge is 0.336 e. The average Bonchev–Trinajstić information content (AvgIpc) is 2.61. The number of carbonyl (C=O) groups is 1.